The van der Waals surface area contributed by atoms with Gasteiger partial charge in [0, 0.05) is 33.1 Å². The Balaban J connectivity index is 1.99. The molecular weight excluding hydrogens is 455 g/mol. The number of hydrogen-bond donors (Lipinski definition) is 0. The smallest absolute Gasteiger partial charge is 0.0633 e. The molecule has 3 rings (SSSR count). The molecule has 1 aliphatic rings. The van der Waals surface area contributed by atoms with Gasteiger partial charge in [-0.25, -0.2) is 0 Å². The van der Waals surface area contributed by atoms with Gasteiger partial charge in [0.15, 0.2) is 0 Å². The summed E-state index contributed by atoms with van der Waals surface area (Å²) >= 11 is 8.97. The lowest BCUT2D eigenvalue weighted by atomic mass is 9.79. The first kappa shape index (κ1) is 19.7. The monoisotopic (exact) mass is 480 g/mol. The van der Waals surface area contributed by atoms with E-state index in [2.05, 4.69) is 91.4 Å². The quantitative estimate of drug-likeness (QED) is 0.337. The van der Waals surface area contributed by atoms with E-state index in [1.807, 2.05) is 12.3 Å². The second kappa shape index (κ2) is 7.51. The van der Waals surface area contributed by atoms with E-state index in [1.165, 1.54) is 20.4 Å². The van der Waals surface area contributed by atoms with Crippen LogP contribution in [0.5, 0.6) is 0 Å². The molecule has 0 saturated carbocycles. The molecule has 2 aromatic rings. The largest absolute Gasteiger partial charge is 0.366 e. The third kappa shape index (κ3) is 3.79. The molecule has 26 heavy (non-hydrogen) atoms. The van der Waals surface area contributed by atoms with Crippen molar-refractivity contribution in [2.75, 3.05) is 11.4 Å². The van der Waals surface area contributed by atoms with Gasteiger partial charge in [0.1, 0.15) is 0 Å². The van der Waals surface area contributed by atoms with Crippen molar-refractivity contribution in [3.8, 4) is 0 Å². The summed E-state index contributed by atoms with van der Waals surface area (Å²) in [6.45, 7) is 12.2. The van der Waals surface area contributed by atoms with Crippen LogP contribution in [-0.4, -0.2) is 18.3 Å². The van der Waals surface area contributed by atoms with Crippen molar-refractivity contribution in [1.29, 1.82) is 0 Å². The molecule has 1 atom stereocenters. The van der Waals surface area contributed by atoms with Gasteiger partial charge in [-0.2, -0.15) is 0 Å². The molecule has 0 spiro atoms. The van der Waals surface area contributed by atoms with Crippen molar-refractivity contribution in [3.63, 3.8) is 0 Å². The summed E-state index contributed by atoms with van der Waals surface area (Å²) in [7, 11) is 0. The predicted octanol–water partition coefficient (Wildman–Crippen LogP) is 7.12. The fraction of sp³-hybridized carbons (Fsp3) is 0.409. The van der Waals surface area contributed by atoms with Gasteiger partial charge in [0.2, 0.25) is 0 Å². The first-order valence-corrected chi connectivity index (χ1v) is 10.6. The maximum absolute atomic E-state index is 6.63. The number of rotatable bonds is 3. The van der Waals surface area contributed by atoms with Gasteiger partial charge in [-0.05, 0) is 104 Å². The Bertz CT molecular complexity index is 857. The molecule has 0 amide bonds. The van der Waals surface area contributed by atoms with Gasteiger partial charge in [-0.1, -0.05) is 18.5 Å². The van der Waals surface area contributed by atoms with Crippen molar-refractivity contribution in [1.82, 2.24) is 0 Å². The van der Waals surface area contributed by atoms with Gasteiger partial charge >= 0.3 is 0 Å². The number of aryl methyl sites for hydroxylation is 1. The summed E-state index contributed by atoms with van der Waals surface area (Å²) in [5.41, 5.74) is 5.98. The molecule has 1 heterocycles. The molecule has 2 nitrogen and oxygen atoms in total. The highest BCUT2D eigenvalue weighted by Crippen LogP contribution is 2.44. The fourth-order valence-electron chi connectivity index (χ4n) is 4.07. The molecule has 0 saturated heterocycles. The minimum atomic E-state index is 0.152. The second-order valence-corrected chi connectivity index (χ2v) is 9.36. The molecule has 0 fully saturated rings. The topological polar surface area (TPSA) is 15.6 Å². The molecular formula is C22H26ClIN2. The molecule has 0 bridgehead atoms. The van der Waals surface area contributed by atoms with Crippen LogP contribution in [0, 0.1) is 10.5 Å². The minimum Gasteiger partial charge on any atom is -0.366 e. The van der Waals surface area contributed by atoms with E-state index >= 15 is 0 Å². The fourth-order valence-corrected chi connectivity index (χ4v) is 4.61. The molecule has 4 heteroatoms. The Morgan fingerprint density at radius 3 is 2.69 bits per heavy atom. The summed E-state index contributed by atoms with van der Waals surface area (Å²) in [5.74, 6) is 0.507. The van der Waals surface area contributed by atoms with Crippen molar-refractivity contribution >= 4 is 51.8 Å². The summed E-state index contributed by atoms with van der Waals surface area (Å²) in [5, 5.41) is 0.762. The van der Waals surface area contributed by atoms with E-state index in [-0.39, 0.29) is 5.54 Å². The first-order valence-electron chi connectivity index (χ1n) is 9.14. The SMILES string of the molecule is CCN1c2cc(Cl)c(C=Nc3ccc(I)c(C)c3)cc2C(C)CC1(C)C. The molecule has 0 aromatic heterocycles. The van der Waals surface area contributed by atoms with E-state index in [4.69, 9.17) is 11.6 Å². The number of nitrogens with zero attached hydrogens (tertiary/aromatic N) is 2. The number of fused-ring (bicyclic) bond motifs is 1. The van der Waals surface area contributed by atoms with Crippen LogP contribution in [-0.2, 0) is 0 Å². The third-order valence-corrected chi connectivity index (χ3v) is 6.85. The normalized spacial score (nSPS) is 19.0. The zero-order valence-electron chi connectivity index (χ0n) is 16.1. The molecule has 2 aromatic carbocycles. The Hall–Kier alpha value is -1.07. The highest BCUT2D eigenvalue weighted by Gasteiger charge is 2.35. The number of hydrogen-bond acceptors (Lipinski definition) is 2. The summed E-state index contributed by atoms with van der Waals surface area (Å²) in [4.78, 5) is 7.12. The van der Waals surface area contributed by atoms with Crippen LogP contribution < -0.4 is 4.90 Å². The Morgan fingerprint density at radius 2 is 2.04 bits per heavy atom. The Kier molecular flexibility index (Phi) is 5.69. The first-order chi connectivity index (χ1) is 12.2. The average molecular weight is 481 g/mol. The van der Waals surface area contributed by atoms with Crippen LogP contribution in [0.25, 0.3) is 0 Å². The second-order valence-electron chi connectivity index (χ2n) is 7.79. The molecule has 138 valence electrons. The van der Waals surface area contributed by atoms with Crippen molar-refractivity contribution in [3.05, 3.63) is 55.6 Å². The summed E-state index contributed by atoms with van der Waals surface area (Å²) < 4.78 is 1.25. The number of anilines is 1. The van der Waals surface area contributed by atoms with Crippen LogP contribution in [0.15, 0.2) is 35.3 Å². The molecule has 1 unspecified atom stereocenters. The van der Waals surface area contributed by atoms with Crippen LogP contribution in [0.1, 0.15) is 56.7 Å². The Morgan fingerprint density at radius 1 is 1.31 bits per heavy atom. The Labute approximate surface area is 175 Å². The van der Waals surface area contributed by atoms with E-state index in [1.54, 1.807) is 0 Å². The number of benzene rings is 2. The third-order valence-electron chi connectivity index (χ3n) is 5.31. The van der Waals surface area contributed by atoms with Gasteiger partial charge in [-0.15, -0.1) is 0 Å². The molecule has 0 radical (unpaired) electrons. The predicted molar refractivity (Wildman–Crippen MR) is 123 cm³/mol. The average Bonchev–Trinajstić information content (AvgIpc) is 2.56. The maximum Gasteiger partial charge on any atom is 0.0633 e. The lowest BCUT2D eigenvalue weighted by Crippen LogP contribution is -2.48. The van der Waals surface area contributed by atoms with Gasteiger partial charge in [0.05, 0.1) is 10.7 Å². The summed E-state index contributed by atoms with van der Waals surface area (Å²) in [6, 6.07) is 10.6. The molecule has 0 aliphatic carbocycles. The zero-order chi connectivity index (χ0) is 19.1. The number of aliphatic imine (C=N–C) groups is 1. The van der Waals surface area contributed by atoms with Crippen molar-refractivity contribution in [2.45, 2.75) is 52.5 Å². The van der Waals surface area contributed by atoms with E-state index in [9.17, 15) is 0 Å². The minimum absolute atomic E-state index is 0.152. The lowest BCUT2D eigenvalue weighted by Gasteiger charge is -2.47. The zero-order valence-corrected chi connectivity index (χ0v) is 19.0. The van der Waals surface area contributed by atoms with Crippen LogP contribution in [0.3, 0.4) is 0 Å². The van der Waals surface area contributed by atoms with E-state index in [0.29, 0.717) is 5.92 Å². The van der Waals surface area contributed by atoms with Gasteiger partial charge in [-0.3, -0.25) is 4.99 Å². The van der Waals surface area contributed by atoms with Gasteiger partial charge < -0.3 is 4.90 Å². The summed E-state index contributed by atoms with van der Waals surface area (Å²) in [6.07, 6.45) is 3.04. The van der Waals surface area contributed by atoms with E-state index < -0.39 is 0 Å². The van der Waals surface area contributed by atoms with Gasteiger partial charge in [0.25, 0.3) is 0 Å². The van der Waals surface area contributed by atoms with Crippen LogP contribution in [0.2, 0.25) is 5.02 Å². The van der Waals surface area contributed by atoms with Crippen molar-refractivity contribution < 1.29 is 0 Å². The maximum atomic E-state index is 6.63. The standard InChI is InChI=1S/C22H26ClIN2/c1-6-26-21-11-19(23)16(10-18(21)15(3)12-22(26,4)5)13-25-17-7-8-20(24)14(2)9-17/h7-11,13,15H,6,12H2,1-5H3. The highest BCUT2D eigenvalue weighted by atomic mass is 127. The van der Waals surface area contributed by atoms with Crippen LogP contribution >= 0.6 is 34.2 Å². The van der Waals surface area contributed by atoms with Crippen molar-refractivity contribution in [2.24, 2.45) is 4.99 Å². The van der Waals surface area contributed by atoms with E-state index in [0.717, 1.165) is 29.2 Å². The highest BCUT2D eigenvalue weighted by molar-refractivity contribution is 14.1. The lowest BCUT2D eigenvalue weighted by molar-refractivity contribution is 0.381. The molecule has 1 aliphatic heterocycles. The van der Waals surface area contributed by atoms with Crippen LogP contribution in [0.4, 0.5) is 11.4 Å². The number of halogens is 2. The molecule has 0 N–H and O–H groups in total.